The molecule has 174 valence electrons. The van der Waals surface area contributed by atoms with Gasteiger partial charge in [0.2, 0.25) is 0 Å². The van der Waals surface area contributed by atoms with Crippen LogP contribution in [0.1, 0.15) is 55.2 Å². The molecule has 2 aromatic carbocycles. The Labute approximate surface area is 203 Å². The van der Waals surface area contributed by atoms with Gasteiger partial charge in [-0.2, -0.15) is 0 Å². The molecule has 5 rings (SSSR count). The van der Waals surface area contributed by atoms with Crippen LogP contribution in [0.4, 0.5) is 0 Å². The molecule has 2 aliphatic heterocycles. The molecule has 1 fully saturated rings. The van der Waals surface area contributed by atoms with Crippen molar-refractivity contribution in [2.24, 2.45) is 9.98 Å². The van der Waals surface area contributed by atoms with Crippen molar-refractivity contribution in [1.82, 2.24) is 9.80 Å². The Kier molecular flexibility index (Phi) is 6.48. The molecule has 0 atom stereocenters. The van der Waals surface area contributed by atoms with Crippen LogP contribution in [0.5, 0.6) is 0 Å². The van der Waals surface area contributed by atoms with E-state index in [2.05, 4.69) is 84.6 Å². The van der Waals surface area contributed by atoms with Crippen LogP contribution >= 0.6 is 0 Å². The number of rotatable bonds is 6. The number of fused-ring (bicyclic) bond motifs is 1. The van der Waals surface area contributed by atoms with E-state index in [0.29, 0.717) is 6.04 Å². The first kappa shape index (κ1) is 22.4. The van der Waals surface area contributed by atoms with Crippen LogP contribution in [-0.4, -0.2) is 41.6 Å². The smallest absolute Gasteiger partial charge is 0.145 e. The van der Waals surface area contributed by atoms with Gasteiger partial charge in [0.25, 0.3) is 0 Å². The van der Waals surface area contributed by atoms with Gasteiger partial charge in [-0.05, 0) is 41.5 Å². The molecule has 0 saturated heterocycles. The number of benzene rings is 2. The highest BCUT2D eigenvalue weighted by Crippen LogP contribution is 2.35. The van der Waals surface area contributed by atoms with Crippen molar-refractivity contribution in [2.75, 3.05) is 13.6 Å². The fraction of sp³-hybridized carbons (Fsp3) is 0.333. The average Bonchev–Trinajstić information content (AvgIpc) is 2.88. The van der Waals surface area contributed by atoms with Crippen molar-refractivity contribution in [2.45, 2.75) is 51.0 Å². The standard InChI is InChI=1S/C30H34N4/c1-22-18-19-34-21-31-29(33(3)27-12-8-5-9-13-27)28(30(34)32-22)23(2)26-16-14-25(15-17-26)20-24-10-6-4-7-11-24/h4,6-7,10-11,14-17,21,27H,1-2,5,8-9,12-13,18-20H2,3H3. The van der Waals surface area contributed by atoms with Crippen LogP contribution in [0.25, 0.3) is 5.57 Å². The summed E-state index contributed by atoms with van der Waals surface area (Å²) in [6, 6.07) is 19.9. The summed E-state index contributed by atoms with van der Waals surface area (Å²) in [5, 5.41) is 0. The maximum atomic E-state index is 4.95. The van der Waals surface area contributed by atoms with Crippen molar-refractivity contribution in [3.05, 3.63) is 102 Å². The molecule has 34 heavy (non-hydrogen) atoms. The Balaban J connectivity index is 1.48. The van der Waals surface area contributed by atoms with Crippen molar-refractivity contribution in [3.63, 3.8) is 0 Å². The maximum Gasteiger partial charge on any atom is 0.145 e. The first-order chi connectivity index (χ1) is 16.6. The van der Waals surface area contributed by atoms with Gasteiger partial charge >= 0.3 is 0 Å². The predicted octanol–water partition coefficient (Wildman–Crippen LogP) is 6.43. The SMILES string of the molecule is C=C1CCN2C=NC(N(C)C3CCCCC3)=C(C(=C)c3ccc(Cc4ccccc4)cc3)C2=N1. The van der Waals surface area contributed by atoms with E-state index in [-0.39, 0.29) is 0 Å². The van der Waals surface area contributed by atoms with Gasteiger partial charge in [0.05, 0.1) is 11.9 Å². The molecule has 2 aromatic rings. The molecule has 3 aliphatic rings. The molecular weight excluding hydrogens is 416 g/mol. The Morgan fingerprint density at radius 1 is 1.00 bits per heavy atom. The number of amidine groups is 1. The summed E-state index contributed by atoms with van der Waals surface area (Å²) in [6.45, 7) is 9.57. The van der Waals surface area contributed by atoms with Gasteiger partial charge in [-0.25, -0.2) is 9.98 Å². The quantitative estimate of drug-likeness (QED) is 0.508. The highest BCUT2D eigenvalue weighted by atomic mass is 15.3. The molecule has 2 heterocycles. The second-order valence-electron chi connectivity index (χ2n) is 9.63. The summed E-state index contributed by atoms with van der Waals surface area (Å²) in [5.74, 6) is 1.91. The highest BCUT2D eigenvalue weighted by Gasteiger charge is 2.32. The molecule has 0 bridgehead atoms. The number of hydrogen-bond donors (Lipinski definition) is 0. The molecule has 0 unspecified atom stereocenters. The Hall–Kier alpha value is -3.40. The third kappa shape index (κ3) is 4.63. The van der Waals surface area contributed by atoms with Crippen LogP contribution < -0.4 is 0 Å². The topological polar surface area (TPSA) is 31.2 Å². The molecule has 0 aromatic heterocycles. The molecule has 0 radical (unpaired) electrons. The van der Waals surface area contributed by atoms with Gasteiger partial charge in [-0.1, -0.05) is 87.0 Å². The lowest BCUT2D eigenvalue weighted by Crippen LogP contribution is -2.42. The summed E-state index contributed by atoms with van der Waals surface area (Å²) >= 11 is 0. The molecule has 1 aliphatic carbocycles. The Morgan fingerprint density at radius 3 is 2.44 bits per heavy atom. The average molecular weight is 451 g/mol. The fourth-order valence-electron chi connectivity index (χ4n) is 5.20. The van der Waals surface area contributed by atoms with E-state index in [1.165, 1.54) is 43.2 Å². The third-order valence-corrected chi connectivity index (χ3v) is 7.26. The summed E-state index contributed by atoms with van der Waals surface area (Å²) in [4.78, 5) is 14.4. The zero-order valence-corrected chi connectivity index (χ0v) is 20.2. The lowest BCUT2D eigenvalue weighted by molar-refractivity contribution is 0.233. The minimum Gasteiger partial charge on any atom is -0.356 e. The molecular formula is C30H34N4. The lowest BCUT2D eigenvalue weighted by atomic mass is 9.92. The van der Waals surface area contributed by atoms with Gasteiger partial charge < -0.3 is 9.80 Å². The molecule has 0 spiro atoms. The minimum atomic E-state index is 0.510. The second kappa shape index (κ2) is 9.84. The number of aliphatic imine (C=N–C) groups is 2. The van der Waals surface area contributed by atoms with Gasteiger partial charge in [0.15, 0.2) is 0 Å². The van der Waals surface area contributed by atoms with Crippen LogP contribution in [0.2, 0.25) is 0 Å². The summed E-state index contributed by atoms with van der Waals surface area (Å²) in [6.07, 6.45) is 10.1. The lowest BCUT2D eigenvalue weighted by Gasteiger charge is -2.38. The summed E-state index contributed by atoms with van der Waals surface area (Å²) in [5.41, 5.74) is 6.65. The normalized spacial score (nSPS) is 18.6. The Bertz CT molecular complexity index is 1150. The van der Waals surface area contributed by atoms with Crippen LogP contribution in [-0.2, 0) is 6.42 Å². The van der Waals surface area contributed by atoms with Gasteiger partial charge in [0.1, 0.15) is 11.7 Å². The fourth-order valence-corrected chi connectivity index (χ4v) is 5.20. The maximum absolute atomic E-state index is 4.95. The van der Waals surface area contributed by atoms with Crippen LogP contribution in [0, 0.1) is 0 Å². The molecule has 4 nitrogen and oxygen atoms in total. The van der Waals surface area contributed by atoms with Crippen molar-refractivity contribution < 1.29 is 0 Å². The first-order valence-corrected chi connectivity index (χ1v) is 12.5. The predicted molar refractivity (Wildman–Crippen MR) is 143 cm³/mol. The van der Waals surface area contributed by atoms with E-state index in [4.69, 9.17) is 9.98 Å². The van der Waals surface area contributed by atoms with E-state index in [0.717, 1.165) is 53.4 Å². The zero-order valence-electron chi connectivity index (χ0n) is 20.2. The van der Waals surface area contributed by atoms with Gasteiger partial charge in [0, 0.05) is 31.8 Å². The first-order valence-electron chi connectivity index (χ1n) is 12.5. The largest absolute Gasteiger partial charge is 0.356 e. The van der Waals surface area contributed by atoms with E-state index >= 15 is 0 Å². The van der Waals surface area contributed by atoms with E-state index in [1.807, 2.05) is 6.34 Å². The monoisotopic (exact) mass is 450 g/mol. The Morgan fingerprint density at radius 2 is 1.71 bits per heavy atom. The van der Waals surface area contributed by atoms with Crippen LogP contribution in [0.3, 0.4) is 0 Å². The van der Waals surface area contributed by atoms with Gasteiger partial charge in [-0.3, -0.25) is 0 Å². The van der Waals surface area contributed by atoms with Crippen molar-refractivity contribution >= 4 is 17.7 Å². The summed E-state index contributed by atoms with van der Waals surface area (Å²) in [7, 11) is 2.19. The van der Waals surface area contributed by atoms with Crippen LogP contribution in [0.15, 0.2) is 94.8 Å². The molecule has 0 N–H and O–H groups in total. The van der Waals surface area contributed by atoms with E-state index in [1.54, 1.807) is 0 Å². The molecule has 1 saturated carbocycles. The second-order valence-corrected chi connectivity index (χ2v) is 9.63. The molecule has 4 heteroatoms. The van der Waals surface area contributed by atoms with Gasteiger partial charge in [-0.15, -0.1) is 0 Å². The zero-order chi connectivity index (χ0) is 23.5. The summed E-state index contributed by atoms with van der Waals surface area (Å²) < 4.78 is 0. The molecule has 0 amide bonds. The van der Waals surface area contributed by atoms with Crippen molar-refractivity contribution in [1.29, 1.82) is 0 Å². The third-order valence-electron chi connectivity index (χ3n) is 7.26. The van der Waals surface area contributed by atoms with Crippen molar-refractivity contribution in [3.8, 4) is 0 Å². The number of nitrogens with zero attached hydrogens (tertiary/aromatic N) is 4. The minimum absolute atomic E-state index is 0.510. The highest BCUT2D eigenvalue weighted by molar-refractivity contribution is 6.17. The van der Waals surface area contributed by atoms with E-state index in [9.17, 15) is 0 Å². The number of hydrogen-bond acceptors (Lipinski definition) is 4. The van der Waals surface area contributed by atoms with E-state index < -0.39 is 0 Å².